The molecule has 0 saturated heterocycles. The van der Waals surface area contributed by atoms with Crippen molar-refractivity contribution in [2.75, 3.05) is 32.1 Å². The Bertz CT molecular complexity index is 279. The summed E-state index contributed by atoms with van der Waals surface area (Å²) in [5, 5.41) is 0. The molecule has 1 aromatic carbocycles. The van der Waals surface area contributed by atoms with Crippen LogP contribution in [-0.4, -0.2) is 37.0 Å². The largest absolute Gasteiger partial charge is 0.377 e. The molecule has 0 bridgehead atoms. The van der Waals surface area contributed by atoms with E-state index in [0.29, 0.717) is 12.5 Å². The van der Waals surface area contributed by atoms with Gasteiger partial charge in [0.25, 0.3) is 0 Å². The lowest BCUT2D eigenvalue weighted by Crippen LogP contribution is -2.27. The van der Waals surface area contributed by atoms with E-state index >= 15 is 0 Å². The highest BCUT2D eigenvalue weighted by atomic mass is 35.5. The van der Waals surface area contributed by atoms with E-state index in [2.05, 4.69) is 24.0 Å². The van der Waals surface area contributed by atoms with Crippen LogP contribution in [0.3, 0.4) is 0 Å². The minimum atomic E-state index is 0.707. The molecule has 0 aliphatic heterocycles. The van der Waals surface area contributed by atoms with Crippen LogP contribution in [0.2, 0.25) is 0 Å². The van der Waals surface area contributed by atoms with Crippen molar-refractivity contribution in [2.24, 2.45) is 0 Å². The van der Waals surface area contributed by atoms with Gasteiger partial charge in [-0.1, -0.05) is 37.3 Å². The van der Waals surface area contributed by atoms with Crippen molar-refractivity contribution in [3.8, 4) is 0 Å². The molecule has 0 aromatic heterocycles. The molecule has 0 saturated carbocycles. The van der Waals surface area contributed by atoms with Crippen LogP contribution in [0, 0.1) is 0 Å². The summed E-state index contributed by atoms with van der Waals surface area (Å²) in [5.41, 5.74) is 1.24. The maximum absolute atomic E-state index is 5.72. The summed E-state index contributed by atoms with van der Waals surface area (Å²) in [5.74, 6) is 0.707. The molecule has 0 N–H and O–H groups in total. The average molecular weight is 256 g/mol. The van der Waals surface area contributed by atoms with Crippen molar-refractivity contribution in [3.05, 3.63) is 35.9 Å². The van der Waals surface area contributed by atoms with Gasteiger partial charge in [0.2, 0.25) is 0 Å². The van der Waals surface area contributed by atoms with Gasteiger partial charge in [-0.15, -0.1) is 11.6 Å². The standard InChI is InChI=1S/C14H22ClNO/c1-2-16(11-9-15)10-6-12-17-13-14-7-4-3-5-8-14/h3-5,7-8H,2,6,9-13H2,1H3. The van der Waals surface area contributed by atoms with E-state index in [1.165, 1.54) is 5.56 Å². The van der Waals surface area contributed by atoms with Gasteiger partial charge in [0.1, 0.15) is 0 Å². The van der Waals surface area contributed by atoms with E-state index in [1.807, 2.05) is 18.2 Å². The lowest BCUT2D eigenvalue weighted by molar-refractivity contribution is 0.109. The number of rotatable bonds is 9. The molecule has 0 heterocycles. The minimum absolute atomic E-state index is 0.707. The second-order valence-corrected chi connectivity index (χ2v) is 4.39. The summed E-state index contributed by atoms with van der Waals surface area (Å²) in [4.78, 5) is 2.35. The van der Waals surface area contributed by atoms with Crippen LogP contribution in [0.4, 0.5) is 0 Å². The summed E-state index contributed by atoms with van der Waals surface area (Å²) in [6, 6.07) is 10.3. The minimum Gasteiger partial charge on any atom is -0.377 e. The fourth-order valence-electron chi connectivity index (χ4n) is 1.70. The number of hydrogen-bond acceptors (Lipinski definition) is 2. The molecule has 1 rings (SSSR count). The quantitative estimate of drug-likeness (QED) is 0.497. The van der Waals surface area contributed by atoms with Crippen molar-refractivity contribution in [2.45, 2.75) is 20.0 Å². The maximum Gasteiger partial charge on any atom is 0.0716 e. The number of ether oxygens (including phenoxy) is 1. The Morgan fingerprint density at radius 2 is 1.94 bits per heavy atom. The van der Waals surface area contributed by atoms with Crippen LogP contribution >= 0.6 is 11.6 Å². The lowest BCUT2D eigenvalue weighted by Gasteiger charge is -2.18. The summed E-state index contributed by atoms with van der Waals surface area (Å²) in [6.07, 6.45) is 1.07. The fourth-order valence-corrected chi connectivity index (χ4v) is 1.94. The third-order valence-corrected chi connectivity index (χ3v) is 2.89. The summed E-state index contributed by atoms with van der Waals surface area (Å²) in [6.45, 7) is 6.79. The number of alkyl halides is 1. The van der Waals surface area contributed by atoms with E-state index in [9.17, 15) is 0 Å². The highest BCUT2D eigenvalue weighted by Crippen LogP contribution is 2.01. The molecule has 0 unspecified atom stereocenters. The molecular weight excluding hydrogens is 234 g/mol. The topological polar surface area (TPSA) is 12.5 Å². The predicted molar refractivity (Wildman–Crippen MR) is 73.5 cm³/mol. The van der Waals surface area contributed by atoms with E-state index in [1.54, 1.807) is 0 Å². The number of hydrogen-bond donors (Lipinski definition) is 0. The monoisotopic (exact) mass is 255 g/mol. The van der Waals surface area contributed by atoms with Crippen LogP contribution in [-0.2, 0) is 11.3 Å². The first kappa shape index (κ1) is 14.5. The molecule has 1 aromatic rings. The van der Waals surface area contributed by atoms with Crippen molar-refractivity contribution in [1.29, 1.82) is 0 Å². The molecule has 0 spiro atoms. The highest BCUT2D eigenvalue weighted by Gasteiger charge is 2.00. The van der Waals surface area contributed by atoms with Gasteiger partial charge in [-0.2, -0.15) is 0 Å². The molecule has 0 aliphatic carbocycles. The third-order valence-electron chi connectivity index (χ3n) is 2.72. The number of halogens is 1. The van der Waals surface area contributed by atoms with E-state index in [0.717, 1.165) is 32.7 Å². The second-order valence-electron chi connectivity index (χ2n) is 4.01. The van der Waals surface area contributed by atoms with Crippen LogP contribution < -0.4 is 0 Å². The molecule has 0 amide bonds. The van der Waals surface area contributed by atoms with Gasteiger partial charge >= 0.3 is 0 Å². The van der Waals surface area contributed by atoms with Gasteiger partial charge in [-0.25, -0.2) is 0 Å². The first-order valence-electron chi connectivity index (χ1n) is 6.26. The zero-order valence-electron chi connectivity index (χ0n) is 10.6. The molecule has 3 heteroatoms. The average Bonchev–Trinajstić information content (AvgIpc) is 2.38. The first-order chi connectivity index (χ1) is 8.36. The van der Waals surface area contributed by atoms with Crippen LogP contribution in [0.15, 0.2) is 30.3 Å². The molecule has 0 fully saturated rings. The van der Waals surface area contributed by atoms with Gasteiger partial charge in [0.15, 0.2) is 0 Å². The summed E-state index contributed by atoms with van der Waals surface area (Å²) >= 11 is 5.72. The third kappa shape index (κ3) is 6.67. The Morgan fingerprint density at radius 1 is 1.18 bits per heavy atom. The Labute approximate surface area is 110 Å². The zero-order valence-corrected chi connectivity index (χ0v) is 11.3. The smallest absolute Gasteiger partial charge is 0.0716 e. The Kier molecular flexibility index (Phi) is 8.06. The summed E-state index contributed by atoms with van der Waals surface area (Å²) in [7, 11) is 0. The lowest BCUT2D eigenvalue weighted by atomic mass is 10.2. The fraction of sp³-hybridized carbons (Fsp3) is 0.571. The first-order valence-corrected chi connectivity index (χ1v) is 6.80. The van der Waals surface area contributed by atoms with Gasteiger partial charge in [-0.3, -0.25) is 0 Å². The second kappa shape index (κ2) is 9.46. The maximum atomic E-state index is 5.72. The molecule has 96 valence electrons. The molecular formula is C14H22ClNO. The van der Waals surface area contributed by atoms with Crippen LogP contribution in [0.5, 0.6) is 0 Å². The van der Waals surface area contributed by atoms with E-state index < -0.39 is 0 Å². The molecule has 17 heavy (non-hydrogen) atoms. The van der Waals surface area contributed by atoms with Gasteiger partial charge < -0.3 is 9.64 Å². The Hall–Kier alpha value is -0.570. The summed E-state index contributed by atoms with van der Waals surface area (Å²) < 4.78 is 5.63. The zero-order chi connectivity index (χ0) is 12.3. The van der Waals surface area contributed by atoms with Crippen molar-refractivity contribution in [1.82, 2.24) is 4.90 Å². The van der Waals surface area contributed by atoms with Crippen LogP contribution in [0.25, 0.3) is 0 Å². The van der Waals surface area contributed by atoms with E-state index in [4.69, 9.17) is 16.3 Å². The van der Waals surface area contributed by atoms with Crippen molar-refractivity contribution in [3.63, 3.8) is 0 Å². The van der Waals surface area contributed by atoms with E-state index in [-0.39, 0.29) is 0 Å². The Balaban J connectivity index is 2.04. The molecule has 0 atom stereocenters. The van der Waals surface area contributed by atoms with Gasteiger partial charge in [0.05, 0.1) is 6.61 Å². The molecule has 2 nitrogen and oxygen atoms in total. The van der Waals surface area contributed by atoms with Gasteiger partial charge in [-0.05, 0) is 18.5 Å². The molecule has 0 radical (unpaired) electrons. The SMILES string of the molecule is CCN(CCCl)CCCOCc1ccccc1. The van der Waals surface area contributed by atoms with Crippen molar-refractivity contribution < 1.29 is 4.74 Å². The number of nitrogens with zero attached hydrogens (tertiary/aromatic N) is 1. The van der Waals surface area contributed by atoms with Crippen LogP contribution in [0.1, 0.15) is 18.9 Å². The van der Waals surface area contributed by atoms with Gasteiger partial charge in [0, 0.05) is 25.6 Å². The highest BCUT2D eigenvalue weighted by molar-refractivity contribution is 6.18. The van der Waals surface area contributed by atoms with Crippen molar-refractivity contribution >= 4 is 11.6 Å². The molecule has 0 aliphatic rings. The normalized spacial score (nSPS) is 11.0. The predicted octanol–water partition coefficient (Wildman–Crippen LogP) is 3.15. The Morgan fingerprint density at radius 3 is 2.59 bits per heavy atom. The number of benzene rings is 1.